The maximum absolute atomic E-state index is 9.31. The number of alkyl halides is 1. The second kappa shape index (κ2) is 4.16. The average Bonchev–Trinajstić information content (AvgIpc) is 2.08. The molecule has 0 aliphatic carbocycles. The Kier molecular flexibility index (Phi) is 3.68. The fraction of sp³-hybridized carbons (Fsp3) is 1.00. The molecule has 72 valence electrons. The van der Waals surface area contributed by atoms with Crippen molar-refractivity contribution in [3.63, 3.8) is 0 Å². The minimum atomic E-state index is -1.14. The molecule has 0 aromatic heterocycles. The van der Waals surface area contributed by atoms with Gasteiger partial charge in [0.25, 0.3) is 0 Å². The third kappa shape index (κ3) is 1.88. The Balaban J connectivity index is 2.63. The topological polar surface area (TPSA) is 90.2 Å². The van der Waals surface area contributed by atoms with Crippen LogP contribution in [0.3, 0.4) is 0 Å². The van der Waals surface area contributed by atoms with Crippen LogP contribution in [-0.4, -0.2) is 55.6 Å². The lowest BCUT2D eigenvalue weighted by atomic mass is 10.0. The molecule has 1 saturated heterocycles. The molecular weight excluding hydrogens is 279 g/mol. The molecule has 6 heteroatoms. The quantitative estimate of drug-likeness (QED) is 0.339. The van der Waals surface area contributed by atoms with E-state index in [1.54, 1.807) is 22.6 Å². The molecule has 0 aromatic carbocycles. The van der Waals surface area contributed by atoms with Crippen molar-refractivity contribution in [2.75, 3.05) is 6.61 Å². The minimum Gasteiger partial charge on any atom is -0.394 e. The molecule has 1 aliphatic rings. The van der Waals surface area contributed by atoms with Gasteiger partial charge < -0.3 is 25.2 Å². The Hall–Kier alpha value is 0.530. The number of ether oxygens (including phenoxy) is 1. The number of aliphatic hydroxyl groups is 4. The van der Waals surface area contributed by atoms with E-state index in [1.165, 1.54) is 0 Å². The van der Waals surface area contributed by atoms with Crippen molar-refractivity contribution in [1.29, 1.82) is 0 Å². The predicted octanol–water partition coefficient (Wildman–Crippen LogP) is -1.78. The fourth-order valence-electron chi connectivity index (χ4n) is 1.06. The summed E-state index contributed by atoms with van der Waals surface area (Å²) in [6.07, 6.45) is -4.24. The van der Waals surface area contributed by atoms with Gasteiger partial charge in [-0.25, -0.2) is 0 Å². The molecule has 5 nitrogen and oxygen atoms in total. The summed E-state index contributed by atoms with van der Waals surface area (Å²) in [6.45, 7) is -0.418. The van der Waals surface area contributed by atoms with Gasteiger partial charge in [-0.2, -0.15) is 0 Å². The Bertz CT molecular complexity index is 150. The van der Waals surface area contributed by atoms with Gasteiger partial charge in [0.1, 0.15) is 12.2 Å². The molecule has 0 saturated carbocycles. The maximum Gasteiger partial charge on any atom is 0.169 e. The Morgan fingerprint density at radius 3 is 2.25 bits per heavy atom. The van der Waals surface area contributed by atoms with E-state index in [2.05, 4.69) is 0 Å². The van der Waals surface area contributed by atoms with E-state index < -0.39 is 35.1 Å². The summed E-state index contributed by atoms with van der Waals surface area (Å²) in [5.74, 6) is 0. The van der Waals surface area contributed by atoms with Crippen molar-refractivity contribution in [2.45, 2.75) is 28.5 Å². The first-order valence-corrected chi connectivity index (χ1v) is 4.77. The predicted molar refractivity (Wildman–Crippen MR) is 47.8 cm³/mol. The van der Waals surface area contributed by atoms with Crippen LogP contribution in [-0.2, 0) is 4.74 Å². The molecule has 1 fully saturated rings. The van der Waals surface area contributed by atoms with Crippen LogP contribution in [0.2, 0.25) is 0 Å². The van der Waals surface area contributed by atoms with Gasteiger partial charge in [0.15, 0.2) is 6.29 Å². The van der Waals surface area contributed by atoms with Crippen molar-refractivity contribution in [3.05, 3.63) is 0 Å². The molecule has 1 heterocycles. The van der Waals surface area contributed by atoms with E-state index in [1.807, 2.05) is 0 Å². The molecule has 12 heavy (non-hydrogen) atoms. The van der Waals surface area contributed by atoms with Crippen LogP contribution in [0.25, 0.3) is 0 Å². The van der Waals surface area contributed by atoms with Crippen LogP contribution in [0.1, 0.15) is 0 Å². The fourth-order valence-corrected chi connectivity index (χ4v) is 1.66. The van der Waals surface area contributed by atoms with Gasteiger partial charge in [0.2, 0.25) is 0 Å². The highest BCUT2D eigenvalue weighted by atomic mass is 127. The summed E-state index contributed by atoms with van der Waals surface area (Å²) in [6, 6.07) is 0. The van der Waals surface area contributed by atoms with E-state index in [-0.39, 0.29) is 0 Å². The zero-order valence-electron chi connectivity index (χ0n) is 6.17. The average molecular weight is 290 g/mol. The van der Waals surface area contributed by atoms with E-state index in [9.17, 15) is 10.2 Å². The highest BCUT2D eigenvalue weighted by molar-refractivity contribution is 14.1. The number of aliphatic hydroxyl groups excluding tert-OH is 4. The monoisotopic (exact) mass is 290 g/mol. The zero-order chi connectivity index (χ0) is 9.30. The number of halogens is 1. The summed E-state index contributed by atoms with van der Waals surface area (Å²) >= 11 is 1.78. The van der Waals surface area contributed by atoms with Gasteiger partial charge in [-0.1, -0.05) is 22.6 Å². The van der Waals surface area contributed by atoms with Gasteiger partial charge in [0, 0.05) is 0 Å². The molecule has 1 aliphatic heterocycles. The summed E-state index contributed by atoms with van der Waals surface area (Å²) in [5, 5.41) is 36.4. The van der Waals surface area contributed by atoms with E-state index in [0.29, 0.717) is 0 Å². The second-order valence-electron chi connectivity index (χ2n) is 2.67. The van der Waals surface area contributed by atoms with Gasteiger partial charge in [-0.15, -0.1) is 0 Å². The zero-order valence-corrected chi connectivity index (χ0v) is 8.33. The van der Waals surface area contributed by atoms with Crippen molar-refractivity contribution in [3.8, 4) is 0 Å². The molecule has 4 N–H and O–H groups in total. The normalized spacial score (nSPS) is 49.2. The lowest BCUT2D eigenvalue weighted by Crippen LogP contribution is -2.56. The summed E-state index contributed by atoms with van der Waals surface area (Å²) in [5.41, 5.74) is 0. The molecule has 0 bridgehead atoms. The van der Waals surface area contributed by atoms with Gasteiger partial charge >= 0.3 is 0 Å². The smallest absolute Gasteiger partial charge is 0.169 e. The Morgan fingerprint density at radius 1 is 1.17 bits per heavy atom. The van der Waals surface area contributed by atoms with E-state index in [0.717, 1.165) is 0 Å². The highest BCUT2D eigenvalue weighted by Crippen LogP contribution is 2.24. The third-order valence-corrected chi connectivity index (χ3v) is 3.18. The van der Waals surface area contributed by atoms with Crippen LogP contribution >= 0.6 is 22.6 Å². The van der Waals surface area contributed by atoms with E-state index in [4.69, 9.17) is 14.9 Å². The number of hydrogen-bond acceptors (Lipinski definition) is 5. The molecule has 0 spiro atoms. The van der Waals surface area contributed by atoms with Crippen LogP contribution < -0.4 is 0 Å². The largest absolute Gasteiger partial charge is 0.394 e. The highest BCUT2D eigenvalue weighted by Gasteiger charge is 2.41. The second-order valence-corrected chi connectivity index (χ2v) is 4.11. The van der Waals surface area contributed by atoms with Crippen molar-refractivity contribution >= 4 is 22.6 Å². The summed E-state index contributed by atoms with van der Waals surface area (Å²) in [4.78, 5) is 0. The lowest BCUT2D eigenvalue weighted by Gasteiger charge is -2.37. The molecule has 1 unspecified atom stereocenters. The van der Waals surface area contributed by atoms with Crippen LogP contribution in [0.4, 0.5) is 0 Å². The van der Waals surface area contributed by atoms with Gasteiger partial charge in [0.05, 0.1) is 16.6 Å². The van der Waals surface area contributed by atoms with Crippen molar-refractivity contribution in [1.82, 2.24) is 0 Å². The SMILES string of the molecule is OC[C@H]1OC(O)[C@@H](I)[C@@H](O)[C@@H]1O. The Morgan fingerprint density at radius 2 is 1.75 bits per heavy atom. The van der Waals surface area contributed by atoms with Crippen LogP contribution in [0.15, 0.2) is 0 Å². The summed E-state index contributed by atoms with van der Waals surface area (Å²) in [7, 11) is 0. The number of rotatable bonds is 1. The molecule has 0 amide bonds. The lowest BCUT2D eigenvalue weighted by molar-refractivity contribution is -0.231. The Labute approximate surface area is 83.1 Å². The van der Waals surface area contributed by atoms with E-state index >= 15 is 0 Å². The minimum absolute atomic E-state index is 0.418. The molecule has 0 aromatic rings. The van der Waals surface area contributed by atoms with Crippen molar-refractivity contribution in [2.24, 2.45) is 0 Å². The molecule has 0 radical (unpaired) electrons. The number of hydrogen-bond donors (Lipinski definition) is 4. The van der Waals surface area contributed by atoms with Gasteiger partial charge in [-0.05, 0) is 0 Å². The maximum atomic E-state index is 9.31. The third-order valence-electron chi connectivity index (χ3n) is 1.82. The van der Waals surface area contributed by atoms with Gasteiger partial charge in [-0.3, -0.25) is 0 Å². The van der Waals surface area contributed by atoms with Crippen molar-refractivity contribution < 1.29 is 25.2 Å². The first-order chi connectivity index (χ1) is 5.57. The molecule has 1 rings (SSSR count). The molecule has 5 atom stereocenters. The van der Waals surface area contributed by atoms with Crippen LogP contribution in [0.5, 0.6) is 0 Å². The standard InChI is InChI=1S/C6H11IO5/c7-3-5(10)4(9)2(1-8)12-6(3)11/h2-6,8-11H,1H2/t2-,3+,4-,5-,6?/m1/s1. The first-order valence-electron chi connectivity index (χ1n) is 3.52. The first kappa shape index (κ1) is 10.6. The van der Waals surface area contributed by atoms with Crippen LogP contribution in [0, 0.1) is 0 Å². The molecular formula is C6H11IO5. The summed E-state index contributed by atoms with van der Waals surface area (Å²) < 4.78 is 4.25.